The highest BCUT2D eigenvalue weighted by Gasteiger charge is 2.16. The molecule has 0 aliphatic heterocycles. The summed E-state index contributed by atoms with van der Waals surface area (Å²) in [6.45, 7) is 0. The summed E-state index contributed by atoms with van der Waals surface area (Å²) in [5, 5.41) is 1.60. The minimum atomic E-state index is -0.502. The summed E-state index contributed by atoms with van der Waals surface area (Å²) in [6, 6.07) is 5.30. The monoisotopic (exact) mass is 251 g/mol. The highest BCUT2D eigenvalue weighted by molar-refractivity contribution is 6.34. The second-order valence-corrected chi connectivity index (χ2v) is 3.73. The van der Waals surface area contributed by atoms with Crippen molar-refractivity contribution in [2.24, 2.45) is 0 Å². The lowest BCUT2D eigenvalue weighted by Crippen LogP contribution is -2.04. The predicted octanol–water partition coefficient (Wildman–Crippen LogP) is 2.68. The lowest BCUT2D eigenvalue weighted by molar-refractivity contribution is 0.0603. The zero-order valence-corrected chi connectivity index (χ0v) is 10.1. The van der Waals surface area contributed by atoms with E-state index in [4.69, 9.17) is 16.3 Å². The molecule has 0 aliphatic carbocycles. The molecule has 2 rings (SSSR count). The third kappa shape index (κ3) is 2.03. The number of esters is 1. The van der Waals surface area contributed by atoms with Crippen LogP contribution in [0.2, 0.25) is 5.15 Å². The Hall–Kier alpha value is -1.81. The maximum absolute atomic E-state index is 11.6. The molecule has 88 valence electrons. The van der Waals surface area contributed by atoms with Gasteiger partial charge in [0.25, 0.3) is 0 Å². The topological polar surface area (TPSA) is 48.4 Å². The largest absolute Gasteiger partial charge is 0.497 e. The number of carbonyl (C=O) groups excluding carboxylic acids is 1. The summed E-state index contributed by atoms with van der Waals surface area (Å²) in [7, 11) is 2.88. The summed E-state index contributed by atoms with van der Waals surface area (Å²) in [6.07, 6.45) is 1.59. The maximum atomic E-state index is 11.6. The van der Waals surface area contributed by atoms with Crippen LogP contribution in [0.15, 0.2) is 24.4 Å². The average Bonchev–Trinajstić information content (AvgIpc) is 2.37. The van der Waals surface area contributed by atoms with Gasteiger partial charge in [-0.25, -0.2) is 9.78 Å². The van der Waals surface area contributed by atoms with Gasteiger partial charge in [-0.1, -0.05) is 11.6 Å². The number of ether oxygens (including phenoxy) is 2. The number of nitrogens with zero attached hydrogens (tertiary/aromatic N) is 1. The standard InChI is InChI=1S/C12H10ClNO3/c1-16-8-3-4-9-7(5-8)6-14-11(13)10(9)12(15)17-2/h3-6H,1-2H3. The number of rotatable bonds is 2. The van der Waals surface area contributed by atoms with Crippen LogP contribution < -0.4 is 4.74 Å². The van der Waals surface area contributed by atoms with E-state index in [1.807, 2.05) is 0 Å². The molecule has 0 saturated heterocycles. The number of hydrogen-bond donors (Lipinski definition) is 0. The quantitative estimate of drug-likeness (QED) is 0.608. The number of fused-ring (bicyclic) bond motifs is 1. The average molecular weight is 252 g/mol. The Bertz CT molecular complexity index is 583. The Kier molecular flexibility index (Phi) is 3.15. The summed E-state index contributed by atoms with van der Waals surface area (Å²) >= 11 is 5.91. The Morgan fingerprint density at radius 2 is 2.12 bits per heavy atom. The molecule has 1 aromatic heterocycles. The Labute approximate surface area is 103 Å². The molecule has 4 nitrogen and oxygen atoms in total. The molecule has 0 aliphatic rings. The number of benzene rings is 1. The van der Waals surface area contributed by atoms with Crippen molar-refractivity contribution in [3.05, 3.63) is 35.1 Å². The number of hydrogen-bond acceptors (Lipinski definition) is 4. The summed E-state index contributed by atoms with van der Waals surface area (Å²) in [5.74, 6) is 0.190. The second kappa shape index (κ2) is 4.59. The first kappa shape index (κ1) is 11.7. The van der Waals surface area contributed by atoms with E-state index in [0.29, 0.717) is 11.1 Å². The summed E-state index contributed by atoms with van der Waals surface area (Å²) in [5.41, 5.74) is 0.273. The fourth-order valence-corrected chi connectivity index (χ4v) is 1.83. The van der Waals surface area contributed by atoms with E-state index < -0.39 is 5.97 Å². The van der Waals surface area contributed by atoms with Crippen molar-refractivity contribution < 1.29 is 14.3 Å². The molecule has 0 amide bonds. The molecule has 0 atom stereocenters. The van der Waals surface area contributed by atoms with Gasteiger partial charge in [-0.2, -0.15) is 0 Å². The van der Waals surface area contributed by atoms with E-state index in [1.165, 1.54) is 7.11 Å². The highest BCUT2D eigenvalue weighted by Crippen LogP contribution is 2.27. The van der Waals surface area contributed by atoms with Crippen LogP contribution in [0.1, 0.15) is 10.4 Å². The Morgan fingerprint density at radius 3 is 2.76 bits per heavy atom. The van der Waals surface area contributed by atoms with Crippen molar-refractivity contribution in [3.63, 3.8) is 0 Å². The number of methoxy groups -OCH3 is 2. The first-order chi connectivity index (χ1) is 8.17. The van der Waals surface area contributed by atoms with Gasteiger partial charge in [0.2, 0.25) is 0 Å². The Balaban J connectivity index is 2.73. The fraction of sp³-hybridized carbons (Fsp3) is 0.167. The van der Waals surface area contributed by atoms with E-state index in [0.717, 1.165) is 5.39 Å². The zero-order chi connectivity index (χ0) is 12.4. The van der Waals surface area contributed by atoms with Crippen LogP contribution in [0.25, 0.3) is 10.8 Å². The molecular weight excluding hydrogens is 242 g/mol. The van der Waals surface area contributed by atoms with Gasteiger partial charge in [0.15, 0.2) is 0 Å². The van der Waals surface area contributed by atoms with Gasteiger partial charge in [0, 0.05) is 17.0 Å². The molecule has 1 aromatic carbocycles. The van der Waals surface area contributed by atoms with Crippen LogP contribution in [0.4, 0.5) is 0 Å². The van der Waals surface area contributed by atoms with E-state index in [-0.39, 0.29) is 10.7 Å². The molecule has 17 heavy (non-hydrogen) atoms. The van der Waals surface area contributed by atoms with Crippen molar-refractivity contribution in [1.82, 2.24) is 4.98 Å². The van der Waals surface area contributed by atoms with Crippen LogP contribution in [0.3, 0.4) is 0 Å². The van der Waals surface area contributed by atoms with Gasteiger partial charge in [0.05, 0.1) is 14.2 Å². The third-order valence-electron chi connectivity index (χ3n) is 2.44. The second-order valence-electron chi connectivity index (χ2n) is 3.37. The van der Waals surface area contributed by atoms with Gasteiger partial charge in [-0.3, -0.25) is 0 Å². The van der Waals surface area contributed by atoms with Gasteiger partial charge in [-0.05, 0) is 18.2 Å². The fourth-order valence-electron chi connectivity index (χ4n) is 1.60. The SMILES string of the molecule is COC(=O)c1c(Cl)ncc2cc(OC)ccc12. The lowest BCUT2D eigenvalue weighted by Gasteiger charge is -2.07. The number of carbonyl (C=O) groups is 1. The first-order valence-corrected chi connectivity index (χ1v) is 5.25. The Morgan fingerprint density at radius 1 is 1.35 bits per heavy atom. The van der Waals surface area contributed by atoms with Crippen LogP contribution in [0.5, 0.6) is 5.75 Å². The van der Waals surface area contributed by atoms with Crippen molar-refractivity contribution in [3.8, 4) is 5.75 Å². The molecule has 0 unspecified atom stereocenters. The van der Waals surface area contributed by atoms with Crippen molar-refractivity contribution in [2.75, 3.05) is 14.2 Å². The van der Waals surface area contributed by atoms with Crippen LogP contribution >= 0.6 is 11.6 Å². The van der Waals surface area contributed by atoms with Crippen molar-refractivity contribution in [2.45, 2.75) is 0 Å². The number of pyridine rings is 1. The predicted molar refractivity (Wildman–Crippen MR) is 64.6 cm³/mol. The van der Waals surface area contributed by atoms with E-state index >= 15 is 0 Å². The minimum Gasteiger partial charge on any atom is -0.497 e. The molecule has 0 spiro atoms. The summed E-state index contributed by atoms with van der Waals surface area (Å²) in [4.78, 5) is 15.6. The molecule has 0 radical (unpaired) electrons. The lowest BCUT2D eigenvalue weighted by atomic mass is 10.1. The van der Waals surface area contributed by atoms with E-state index in [2.05, 4.69) is 9.72 Å². The molecule has 0 fully saturated rings. The minimum absolute atomic E-state index is 0.134. The van der Waals surface area contributed by atoms with Crippen LogP contribution in [-0.2, 0) is 4.74 Å². The highest BCUT2D eigenvalue weighted by atomic mass is 35.5. The summed E-state index contributed by atoms with van der Waals surface area (Å²) < 4.78 is 9.79. The van der Waals surface area contributed by atoms with Crippen molar-refractivity contribution in [1.29, 1.82) is 0 Å². The molecule has 0 N–H and O–H groups in total. The number of halogens is 1. The van der Waals surface area contributed by atoms with Crippen LogP contribution in [-0.4, -0.2) is 25.2 Å². The molecule has 0 bridgehead atoms. The molecule has 2 aromatic rings. The van der Waals surface area contributed by atoms with Gasteiger partial charge in [-0.15, -0.1) is 0 Å². The molecule has 0 saturated carbocycles. The normalized spacial score (nSPS) is 10.3. The van der Waals surface area contributed by atoms with Crippen LogP contribution in [0, 0.1) is 0 Å². The smallest absolute Gasteiger partial charge is 0.341 e. The third-order valence-corrected chi connectivity index (χ3v) is 2.73. The zero-order valence-electron chi connectivity index (χ0n) is 9.36. The maximum Gasteiger partial charge on any atom is 0.341 e. The van der Waals surface area contributed by atoms with E-state index in [1.54, 1.807) is 31.5 Å². The van der Waals surface area contributed by atoms with Gasteiger partial charge < -0.3 is 9.47 Å². The van der Waals surface area contributed by atoms with Gasteiger partial charge >= 0.3 is 5.97 Å². The van der Waals surface area contributed by atoms with Crippen molar-refractivity contribution >= 4 is 28.3 Å². The first-order valence-electron chi connectivity index (χ1n) is 4.88. The molecular formula is C12H10ClNO3. The van der Waals surface area contributed by atoms with Gasteiger partial charge in [0.1, 0.15) is 16.5 Å². The molecule has 1 heterocycles. The van der Waals surface area contributed by atoms with E-state index in [9.17, 15) is 4.79 Å². The molecule has 5 heteroatoms. The number of aromatic nitrogens is 1.